The van der Waals surface area contributed by atoms with Crippen LogP contribution in [0.3, 0.4) is 0 Å². The van der Waals surface area contributed by atoms with E-state index in [4.69, 9.17) is 4.74 Å². The predicted octanol–water partition coefficient (Wildman–Crippen LogP) is 3.48. The number of carboxylic acids is 1. The van der Waals surface area contributed by atoms with Crippen molar-refractivity contribution < 1.29 is 19.4 Å². The van der Waals surface area contributed by atoms with Gasteiger partial charge in [0, 0.05) is 6.04 Å². The Morgan fingerprint density at radius 1 is 1.21 bits per heavy atom. The smallest absolute Gasteiger partial charge is 0.326 e. The summed E-state index contributed by atoms with van der Waals surface area (Å²) >= 11 is 0. The summed E-state index contributed by atoms with van der Waals surface area (Å²) in [6.45, 7) is 3.47. The van der Waals surface area contributed by atoms with Crippen molar-refractivity contribution in [3.63, 3.8) is 0 Å². The fourth-order valence-electron chi connectivity index (χ4n) is 3.30. The van der Waals surface area contributed by atoms with E-state index in [2.05, 4.69) is 0 Å². The number of benzene rings is 1. The molecule has 0 aliphatic heterocycles. The molecule has 1 aromatic rings. The second-order valence-electron chi connectivity index (χ2n) is 6.38. The number of hydrogen-bond acceptors (Lipinski definition) is 3. The number of amides is 1. The number of nitrogens with zero attached hydrogens (tertiary/aromatic N) is 1. The molecule has 2 atom stereocenters. The van der Waals surface area contributed by atoms with Gasteiger partial charge in [-0.1, -0.05) is 44.4 Å². The minimum atomic E-state index is -0.969. The molecule has 1 aliphatic rings. The molecule has 5 nitrogen and oxygen atoms in total. The van der Waals surface area contributed by atoms with E-state index in [9.17, 15) is 14.7 Å². The summed E-state index contributed by atoms with van der Waals surface area (Å²) < 4.78 is 5.84. The molecule has 2 rings (SSSR count). The van der Waals surface area contributed by atoms with Crippen molar-refractivity contribution in [3.05, 3.63) is 30.3 Å². The van der Waals surface area contributed by atoms with Gasteiger partial charge < -0.3 is 14.7 Å². The van der Waals surface area contributed by atoms with Gasteiger partial charge >= 0.3 is 5.97 Å². The molecular weight excluding hydrogens is 306 g/mol. The summed E-state index contributed by atoms with van der Waals surface area (Å²) in [5, 5.41) is 9.44. The van der Waals surface area contributed by atoms with Gasteiger partial charge in [0.2, 0.25) is 0 Å². The van der Waals surface area contributed by atoms with Gasteiger partial charge in [-0.05, 0) is 38.3 Å². The van der Waals surface area contributed by atoms with Crippen LogP contribution in [0.25, 0.3) is 0 Å². The third-order valence-electron chi connectivity index (χ3n) is 4.66. The van der Waals surface area contributed by atoms with Gasteiger partial charge in [-0.15, -0.1) is 0 Å². The molecular formula is C19H27NO4. The monoisotopic (exact) mass is 333 g/mol. The lowest BCUT2D eigenvalue weighted by molar-refractivity contribution is -0.156. The molecule has 1 aromatic carbocycles. The zero-order valence-corrected chi connectivity index (χ0v) is 14.5. The van der Waals surface area contributed by atoms with Crippen LogP contribution in [0.1, 0.15) is 52.4 Å². The molecule has 0 aromatic heterocycles. The number of aliphatic carboxylic acids is 1. The Morgan fingerprint density at radius 3 is 2.38 bits per heavy atom. The van der Waals surface area contributed by atoms with E-state index in [0.29, 0.717) is 12.2 Å². The van der Waals surface area contributed by atoms with Gasteiger partial charge in [0.15, 0.2) is 6.10 Å². The van der Waals surface area contributed by atoms with Crippen LogP contribution >= 0.6 is 0 Å². The fourth-order valence-corrected chi connectivity index (χ4v) is 3.30. The van der Waals surface area contributed by atoms with Crippen LogP contribution < -0.4 is 4.74 Å². The Bertz CT molecular complexity index is 540. The third-order valence-corrected chi connectivity index (χ3v) is 4.66. The number of para-hydroxylation sites is 1. The summed E-state index contributed by atoms with van der Waals surface area (Å²) in [5.74, 6) is -0.559. The molecule has 1 aliphatic carbocycles. The van der Waals surface area contributed by atoms with Gasteiger partial charge in [0.1, 0.15) is 11.8 Å². The molecule has 1 saturated carbocycles. The fraction of sp³-hybridized carbons (Fsp3) is 0.579. The van der Waals surface area contributed by atoms with E-state index < -0.39 is 18.1 Å². The summed E-state index contributed by atoms with van der Waals surface area (Å²) in [7, 11) is 0. The Kier molecular flexibility index (Phi) is 6.64. The van der Waals surface area contributed by atoms with Gasteiger partial charge in [-0.25, -0.2) is 4.79 Å². The van der Waals surface area contributed by atoms with Gasteiger partial charge in [-0.3, -0.25) is 4.79 Å². The number of carbonyl (C=O) groups excluding carboxylic acids is 1. The molecule has 0 bridgehead atoms. The Balaban J connectivity index is 2.18. The van der Waals surface area contributed by atoms with Crippen molar-refractivity contribution in [3.8, 4) is 5.75 Å². The maximum absolute atomic E-state index is 13.1. The number of rotatable bonds is 7. The minimum absolute atomic E-state index is 0.00854. The summed E-state index contributed by atoms with van der Waals surface area (Å²) in [4.78, 5) is 26.1. The average Bonchev–Trinajstić information content (AvgIpc) is 2.61. The molecule has 0 saturated heterocycles. The van der Waals surface area contributed by atoms with Crippen molar-refractivity contribution in [1.82, 2.24) is 4.90 Å². The Morgan fingerprint density at radius 2 is 1.83 bits per heavy atom. The molecule has 0 heterocycles. The molecule has 0 spiro atoms. The minimum Gasteiger partial charge on any atom is -0.481 e. The van der Waals surface area contributed by atoms with Crippen LogP contribution in [0.15, 0.2) is 30.3 Å². The van der Waals surface area contributed by atoms with Crippen LogP contribution in [0.2, 0.25) is 0 Å². The standard InChI is InChI=1S/C19H27NO4/c1-3-17(24-16-12-8-5-9-13-16)18(21)20(14(2)19(22)23)15-10-6-4-7-11-15/h5,8-9,12-15,17H,3-4,6-7,10-11H2,1-2H3,(H,22,23)/t14-,17?/m0/s1. The van der Waals surface area contributed by atoms with Gasteiger partial charge in [0.25, 0.3) is 5.91 Å². The predicted molar refractivity (Wildman–Crippen MR) is 92.0 cm³/mol. The quantitative estimate of drug-likeness (QED) is 0.829. The zero-order valence-electron chi connectivity index (χ0n) is 14.5. The van der Waals surface area contributed by atoms with Crippen LogP contribution in [-0.4, -0.2) is 40.1 Å². The van der Waals surface area contributed by atoms with E-state index in [1.165, 1.54) is 0 Å². The number of carbonyl (C=O) groups is 2. The lowest BCUT2D eigenvalue weighted by Gasteiger charge is -2.38. The van der Waals surface area contributed by atoms with Gasteiger partial charge in [0.05, 0.1) is 0 Å². The lowest BCUT2D eigenvalue weighted by Crippen LogP contribution is -2.54. The highest BCUT2D eigenvalue weighted by Crippen LogP contribution is 2.26. The zero-order chi connectivity index (χ0) is 17.5. The Labute approximate surface area is 143 Å². The molecule has 5 heteroatoms. The van der Waals surface area contributed by atoms with Crippen LogP contribution in [0, 0.1) is 0 Å². The van der Waals surface area contributed by atoms with E-state index in [1.807, 2.05) is 37.3 Å². The van der Waals surface area contributed by atoms with E-state index in [0.717, 1.165) is 32.1 Å². The average molecular weight is 333 g/mol. The van der Waals surface area contributed by atoms with E-state index in [1.54, 1.807) is 11.8 Å². The summed E-state index contributed by atoms with van der Waals surface area (Å²) in [6, 6.07) is 8.36. The van der Waals surface area contributed by atoms with Crippen molar-refractivity contribution >= 4 is 11.9 Å². The first kappa shape index (κ1) is 18.3. The SMILES string of the molecule is CCC(Oc1ccccc1)C(=O)N(C1CCCCC1)[C@@H](C)C(=O)O. The molecule has 24 heavy (non-hydrogen) atoms. The first-order valence-electron chi connectivity index (χ1n) is 8.81. The van der Waals surface area contributed by atoms with E-state index >= 15 is 0 Å². The second-order valence-corrected chi connectivity index (χ2v) is 6.38. The highest BCUT2D eigenvalue weighted by molar-refractivity contribution is 5.86. The summed E-state index contributed by atoms with van der Waals surface area (Å²) in [5.41, 5.74) is 0. The third kappa shape index (κ3) is 4.49. The molecule has 132 valence electrons. The number of hydrogen-bond donors (Lipinski definition) is 1. The van der Waals surface area contributed by atoms with Crippen molar-refractivity contribution in [2.75, 3.05) is 0 Å². The second kappa shape index (κ2) is 8.71. The summed E-state index contributed by atoms with van der Waals surface area (Å²) in [6.07, 6.45) is 4.81. The van der Waals surface area contributed by atoms with Crippen LogP contribution in [0.4, 0.5) is 0 Å². The first-order valence-corrected chi connectivity index (χ1v) is 8.81. The largest absolute Gasteiger partial charge is 0.481 e. The molecule has 1 fully saturated rings. The highest BCUT2D eigenvalue weighted by atomic mass is 16.5. The topological polar surface area (TPSA) is 66.8 Å². The number of ether oxygens (including phenoxy) is 1. The Hall–Kier alpha value is -2.04. The normalized spacial score (nSPS) is 17.8. The van der Waals surface area contributed by atoms with Crippen LogP contribution in [0.5, 0.6) is 5.75 Å². The maximum Gasteiger partial charge on any atom is 0.326 e. The maximum atomic E-state index is 13.1. The van der Waals surface area contributed by atoms with Gasteiger partial charge in [-0.2, -0.15) is 0 Å². The van der Waals surface area contributed by atoms with Crippen molar-refractivity contribution in [2.24, 2.45) is 0 Å². The molecule has 0 radical (unpaired) electrons. The van der Waals surface area contributed by atoms with Crippen LogP contribution in [-0.2, 0) is 9.59 Å². The lowest BCUT2D eigenvalue weighted by atomic mass is 9.92. The molecule has 1 amide bonds. The first-order chi connectivity index (χ1) is 11.5. The van der Waals surface area contributed by atoms with E-state index in [-0.39, 0.29) is 11.9 Å². The van der Waals surface area contributed by atoms with Crippen molar-refractivity contribution in [2.45, 2.75) is 70.6 Å². The molecule has 1 unspecified atom stereocenters. The molecule has 1 N–H and O–H groups in total. The highest BCUT2D eigenvalue weighted by Gasteiger charge is 2.36. The van der Waals surface area contributed by atoms with Crippen molar-refractivity contribution in [1.29, 1.82) is 0 Å². The number of carboxylic acid groups (broad SMARTS) is 1.